The van der Waals surface area contributed by atoms with Crippen molar-refractivity contribution in [3.63, 3.8) is 0 Å². The van der Waals surface area contributed by atoms with Crippen LogP contribution in [0.4, 0.5) is 0 Å². The minimum absolute atomic E-state index is 0.135. The number of aromatic nitrogens is 4. The van der Waals surface area contributed by atoms with E-state index in [-0.39, 0.29) is 11.5 Å². The number of hydrogen-bond acceptors (Lipinski definition) is 5. The molecule has 0 amide bonds. The first-order valence-corrected chi connectivity index (χ1v) is 6.38. The summed E-state index contributed by atoms with van der Waals surface area (Å²) in [6, 6.07) is 0.285. The summed E-state index contributed by atoms with van der Waals surface area (Å²) in [5.41, 5.74) is 0.988. The Bertz CT molecular complexity index is 537. The number of rotatable bonds is 4. The lowest BCUT2D eigenvalue weighted by atomic mass is 9.85. The summed E-state index contributed by atoms with van der Waals surface area (Å²) >= 11 is 0. The van der Waals surface area contributed by atoms with Crippen molar-refractivity contribution in [2.75, 3.05) is 7.05 Å². The lowest BCUT2D eigenvalue weighted by Crippen LogP contribution is -2.39. The molecule has 0 radical (unpaired) electrons. The minimum Gasteiger partial charge on any atom is -0.339 e. The first kappa shape index (κ1) is 13.7. The first-order chi connectivity index (χ1) is 8.91. The zero-order valence-corrected chi connectivity index (χ0v) is 12.1. The third-order valence-electron chi connectivity index (χ3n) is 3.29. The molecule has 1 atom stereocenters. The van der Waals surface area contributed by atoms with Gasteiger partial charge in [0.2, 0.25) is 11.7 Å². The zero-order chi connectivity index (χ0) is 14.0. The number of hydrogen-bond donors (Lipinski definition) is 1. The fourth-order valence-electron chi connectivity index (χ4n) is 2.03. The van der Waals surface area contributed by atoms with E-state index in [9.17, 15) is 0 Å². The van der Waals surface area contributed by atoms with Gasteiger partial charge in [-0.05, 0) is 12.5 Å². The highest BCUT2D eigenvalue weighted by Crippen LogP contribution is 2.22. The molecule has 0 aliphatic heterocycles. The Morgan fingerprint density at radius 2 is 2.16 bits per heavy atom. The van der Waals surface area contributed by atoms with Crippen molar-refractivity contribution in [3.05, 3.63) is 18.4 Å². The van der Waals surface area contributed by atoms with E-state index >= 15 is 0 Å². The molecule has 0 saturated heterocycles. The van der Waals surface area contributed by atoms with Gasteiger partial charge >= 0.3 is 0 Å². The molecule has 2 aromatic heterocycles. The smallest absolute Gasteiger partial charge is 0.228 e. The summed E-state index contributed by atoms with van der Waals surface area (Å²) in [5.74, 6) is 1.23. The third kappa shape index (κ3) is 3.01. The number of nitrogens with zero attached hydrogens (tertiary/aromatic N) is 4. The zero-order valence-electron chi connectivity index (χ0n) is 12.1. The molecule has 2 aromatic rings. The topological polar surface area (TPSA) is 68.8 Å². The van der Waals surface area contributed by atoms with E-state index in [2.05, 4.69) is 41.2 Å². The SMILES string of the molecule is CNC(Cc1nc(-c2cncn2C)no1)C(C)(C)C. The molecule has 2 rings (SSSR count). The van der Waals surface area contributed by atoms with Gasteiger partial charge in [-0.2, -0.15) is 4.98 Å². The molecule has 0 bridgehead atoms. The molecular weight excluding hydrogens is 242 g/mol. The molecule has 0 spiro atoms. The maximum absolute atomic E-state index is 5.33. The highest BCUT2D eigenvalue weighted by molar-refractivity contribution is 5.47. The number of likely N-dealkylation sites (N-methyl/N-ethyl adjacent to an activating group) is 1. The van der Waals surface area contributed by atoms with E-state index in [4.69, 9.17) is 4.52 Å². The normalized spacial score (nSPS) is 13.7. The molecule has 104 valence electrons. The van der Waals surface area contributed by atoms with Crippen molar-refractivity contribution in [3.8, 4) is 11.5 Å². The van der Waals surface area contributed by atoms with Crippen LogP contribution in [0.1, 0.15) is 26.7 Å². The van der Waals surface area contributed by atoms with Gasteiger partial charge in [-0.25, -0.2) is 4.98 Å². The van der Waals surface area contributed by atoms with Gasteiger partial charge in [-0.1, -0.05) is 25.9 Å². The Kier molecular flexibility index (Phi) is 3.71. The molecule has 0 aromatic carbocycles. The lowest BCUT2D eigenvalue weighted by molar-refractivity contribution is 0.255. The monoisotopic (exact) mass is 263 g/mol. The van der Waals surface area contributed by atoms with Gasteiger partial charge in [0.15, 0.2) is 0 Å². The van der Waals surface area contributed by atoms with Gasteiger partial charge in [0.25, 0.3) is 0 Å². The summed E-state index contributed by atoms with van der Waals surface area (Å²) in [5, 5.41) is 7.31. The summed E-state index contributed by atoms with van der Waals surface area (Å²) < 4.78 is 7.20. The van der Waals surface area contributed by atoms with Gasteiger partial charge in [-0.3, -0.25) is 0 Å². The third-order valence-corrected chi connectivity index (χ3v) is 3.29. The quantitative estimate of drug-likeness (QED) is 0.908. The van der Waals surface area contributed by atoms with Gasteiger partial charge in [0.1, 0.15) is 5.69 Å². The Morgan fingerprint density at radius 1 is 1.42 bits per heavy atom. The Balaban J connectivity index is 2.16. The van der Waals surface area contributed by atoms with Crippen LogP contribution in [-0.4, -0.2) is 32.8 Å². The molecule has 6 nitrogen and oxygen atoms in total. The maximum Gasteiger partial charge on any atom is 0.228 e. The number of nitrogens with one attached hydrogen (secondary N) is 1. The molecule has 19 heavy (non-hydrogen) atoms. The molecule has 0 saturated carbocycles. The Morgan fingerprint density at radius 3 is 2.68 bits per heavy atom. The van der Waals surface area contributed by atoms with Crippen molar-refractivity contribution >= 4 is 0 Å². The summed E-state index contributed by atoms with van der Waals surface area (Å²) in [4.78, 5) is 8.49. The highest BCUT2D eigenvalue weighted by atomic mass is 16.5. The average molecular weight is 263 g/mol. The van der Waals surface area contributed by atoms with Crippen molar-refractivity contribution in [2.24, 2.45) is 12.5 Å². The largest absolute Gasteiger partial charge is 0.339 e. The van der Waals surface area contributed by atoms with E-state index in [0.717, 1.165) is 5.69 Å². The molecule has 0 aliphatic rings. The van der Waals surface area contributed by atoms with Crippen molar-refractivity contribution in [1.29, 1.82) is 0 Å². The maximum atomic E-state index is 5.33. The Hall–Kier alpha value is -1.69. The number of aryl methyl sites for hydroxylation is 1. The van der Waals surface area contributed by atoms with Crippen LogP contribution in [0, 0.1) is 5.41 Å². The molecule has 0 aliphatic carbocycles. The van der Waals surface area contributed by atoms with Crippen LogP contribution < -0.4 is 5.32 Å². The van der Waals surface area contributed by atoms with E-state index in [1.807, 2.05) is 18.7 Å². The second-order valence-electron chi connectivity index (χ2n) is 5.81. The van der Waals surface area contributed by atoms with Crippen LogP contribution in [-0.2, 0) is 13.5 Å². The predicted octanol–water partition coefficient (Wildman–Crippen LogP) is 1.65. The minimum atomic E-state index is 0.135. The fourth-order valence-corrected chi connectivity index (χ4v) is 2.03. The Labute approximate surface area is 113 Å². The fraction of sp³-hybridized carbons (Fsp3) is 0.615. The van der Waals surface area contributed by atoms with Crippen LogP contribution in [0.15, 0.2) is 17.0 Å². The van der Waals surface area contributed by atoms with Crippen LogP contribution in [0.5, 0.6) is 0 Å². The van der Waals surface area contributed by atoms with Crippen LogP contribution >= 0.6 is 0 Å². The first-order valence-electron chi connectivity index (χ1n) is 6.38. The molecule has 6 heteroatoms. The van der Waals surface area contributed by atoms with E-state index in [1.165, 1.54) is 0 Å². The molecule has 0 fully saturated rings. The highest BCUT2D eigenvalue weighted by Gasteiger charge is 2.25. The van der Waals surface area contributed by atoms with Crippen LogP contribution in [0.25, 0.3) is 11.5 Å². The van der Waals surface area contributed by atoms with Crippen molar-refractivity contribution in [2.45, 2.75) is 33.2 Å². The van der Waals surface area contributed by atoms with E-state index in [0.29, 0.717) is 18.1 Å². The lowest BCUT2D eigenvalue weighted by Gasteiger charge is -2.29. The van der Waals surface area contributed by atoms with Crippen LogP contribution in [0.3, 0.4) is 0 Å². The summed E-state index contributed by atoms with van der Waals surface area (Å²) in [6.45, 7) is 6.56. The summed E-state index contributed by atoms with van der Waals surface area (Å²) in [7, 11) is 3.86. The van der Waals surface area contributed by atoms with Crippen LogP contribution in [0.2, 0.25) is 0 Å². The van der Waals surface area contributed by atoms with Gasteiger partial charge in [-0.15, -0.1) is 0 Å². The van der Waals surface area contributed by atoms with E-state index in [1.54, 1.807) is 12.5 Å². The second-order valence-corrected chi connectivity index (χ2v) is 5.81. The van der Waals surface area contributed by atoms with Crippen molar-refractivity contribution in [1.82, 2.24) is 25.0 Å². The standard InChI is InChI=1S/C13H21N5O/c1-13(2,3)10(14-4)6-11-16-12(17-19-11)9-7-15-8-18(9)5/h7-8,10,14H,6H2,1-5H3. The molecule has 1 unspecified atom stereocenters. The van der Waals surface area contributed by atoms with Gasteiger partial charge < -0.3 is 14.4 Å². The molecule has 2 heterocycles. The summed E-state index contributed by atoms with van der Waals surface area (Å²) in [6.07, 6.45) is 4.16. The van der Waals surface area contributed by atoms with E-state index < -0.39 is 0 Å². The molecule has 1 N–H and O–H groups in total. The molecular formula is C13H21N5O. The second kappa shape index (κ2) is 5.13. The predicted molar refractivity (Wildman–Crippen MR) is 72.5 cm³/mol. The average Bonchev–Trinajstić information content (AvgIpc) is 2.92. The van der Waals surface area contributed by atoms with Gasteiger partial charge in [0, 0.05) is 19.5 Å². The van der Waals surface area contributed by atoms with Crippen molar-refractivity contribution < 1.29 is 4.52 Å². The number of imidazole rings is 1. The van der Waals surface area contributed by atoms with Gasteiger partial charge in [0.05, 0.1) is 12.5 Å².